The largest absolute Gasteiger partial charge is 0.384 e. The fourth-order valence-electron chi connectivity index (χ4n) is 1.86. The van der Waals surface area contributed by atoms with Gasteiger partial charge in [-0.05, 0) is 37.6 Å². The number of pyridine rings is 1. The van der Waals surface area contributed by atoms with E-state index in [4.69, 9.17) is 5.73 Å². The average Bonchev–Trinajstić information content (AvgIpc) is 2.41. The lowest BCUT2D eigenvalue weighted by Gasteiger charge is -2.18. The number of aryl methyl sites for hydroxylation is 2. The lowest BCUT2D eigenvalue weighted by Crippen LogP contribution is -2.27. The van der Waals surface area contributed by atoms with Crippen LogP contribution in [0.5, 0.6) is 0 Å². The van der Waals surface area contributed by atoms with Gasteiger partial charge in [0.2, 0.25) is 0 Å². The topological polar surface area (TPSA) is 59.2 Å². The summed E-state index contributed by atoms with van der Waals surface area (Å²) in [7, 11) is 1.73. The molecule has 0 aliphatic rings. The number of nitrogens with zero attached hydrogens (tertiary/aromatic N) is 2. The first kappa shape index (κ1) is 13.1. The van der Waals surface area contributed by atoms with Crippen LogP contribution in [-0.2, 0) is 0 Å². The molecule has 4 nitrogen and oxygen atoms in total. The van der Waals surface area contributed by atoms with Crippen LogP contribution >= 0.6 is 0 Å². The van der Waals surface area contributed by atoms with Gasteiger partial charge in [-0.25, -0.2) is 4.98 Å². The molecule has 0 fully saturated rings. The zero-order valence-corrected chi connectivity index (χ0v) is 11.3. The van der Waals surface area contributed by atoms with Crippen molar-refractivity contribution in [3.8, 4) is 0 Å². The van der Waals surface area contributed by atoms with E-state index in [0.29, 0.717) is 11.4 Å². The molecule has 0 saturated carbocycles. The van der Waals surface area contributed by atoms with E-state index in [9.17, 15) is 4.79 Å². The first-order valence-electron chi connectivity index (χ1n) is 6.06. The van der Waals surface area contributed by atoms with Crippen molar-refractivity contribution >= 4 is 17.4 Å². The number of nitrogens with two attached hydrogens (primary N) is 1. The molecule has 2 rings (SSSR count). The van der Waals surface area contributed by atoms with E-state index in [1.807, 2.05) is 32.0 Å². The maximum Gasteiger partial charge on any atom is 0.258 e. The Morgan fingerprint density at radius 2 is 1.95 bits per heavy atom. The molecule has 0 saturated heterocycles. The summed E-state index contributed by atoms with van der Waals surface area (Å²) in [5, 5.41) is 0. The van der Waals surface area contributed by atoms with Crippen molar-refractivity contribution in [1.82, 2.24) is 4.98 Å². The van der Waals surface area contributed by atoms with E-state index in [1.54, 1.807) is 30.3 Å². The molecule has 2 aromatic rings. The van der Waals surface area contributed by atoms with Crippen molar-refractivity contribution in [3.63, 3.8) is 0 Å². The molecule has 1 aromatic heterocycles. The number of hydrogen-bond donors (Lipinski definition) is 1. The fourth-order valence-corrected chi connectivity index (χ4v) is 1.86. The minimum Gasteiger partial charge on any atom is -0.384 e. The quantitative estimate of drug-likeness (QED) is 0.897. The molecule has 1 aromatic carbocycles. The zero-order valence-electron chi connectivity index (χ0n) is 11.3. The summed E-state index contributed by atoms with van der Waals surface area (Å²) < 4.78 is 0. The average molecular weight is 255 g/mol. The second-order valence-corrected chi connectivity index (χ2v) is 4.62. The summed E-state index contributed by atoms with van der Waals surface area (Å²) in [5.74, 6) is 0.393. The van der Waals surface area contributed by atoms with Gasteiger partial charge in [0, 0.05) is 12.6 Å². The number of rotatable bonds is 2. The van der Waals surface area contributed by atoms with Crippen molar-refractivity contribution in [3.05, 3.63) is 53.2 Å². The summed E-state index contributed by atoms with van der Waals surface area (Å²) in [6.45, 7) is 3.91. The van der Waals surface area contributed by atoms with Crippen LogP contribution in [0.4, 0.5) is 11.5 Å². The number of anilines is 2. The summed E-state index contributed by atoms with van der Waals surface area (Å²) in [6, 6.07) is 9.32. The first-order chi connectivity index (χ1) is 8.99. The predicted octanol–water partition coefficient (Wildman–Crippen LogP) is 2.56. The highest BCUT2D eigenvalue weighted by Gasteiger charge is 2.15. The predicted molar refractivity (Wildman–Crippen MR) is 77.3 cm³/mol. The SMILES string of the molecule is Cc1ccc(C)c(C(=O)N(C)c2ccc(N)nc2)c1. The van der Waals surface area contributed by atoms with Crippen LogP contribution in [0.1, 0.15) is 21.5 Å². The minimum absolute atomic E-state index is 0.0484. The Morgan fingerprint density at radius 1 is 1.21 bits per heavy atom. The smallest absolute Gasteiger partial charge is 0.258 e. The van der Waals surface area contributed by atoms with Gasteiger partial charge in [0.1, 0.15) is 5.82 Å². The van der Waals surface area contributed by atoms with Crippen molar-refractivity contribution in [2.45, 2.75) is 13.8 Å². The van der Waals surface area contributed by atoms with Gasteiger partial charge in [-0.3, -0.25) is 4.79 Å². The van der Waals surface area contributed by atoms with Crippen LogP contribution < -0.4 is 10.6 Å². The van der Waals surface area contributed by atoms with Crippen LogP contribution in [0.25, 0.3) is 0 Å². The standard InChI is InChI=1S/C15H17N3O/c1-10-4-5-11(2)13(8-10)15(19)18(3)12-6-7-14(16)17-9-12/h4-9H,1-3H3,(H2,16,17). The Bertz CT molecular complexity index is 605. The number of carbonyl (C=O) groups is 1. The van der Waals surface area contributed by atoms with Crippen molar-refractivity contribution < 1.29 is 4.79 Å². The molecular weight excluding hydrogens is 238 g/mol. The Labute approximate surface area is 112 Å². The van der Waals surface area contributed by atoms with Gasteiger partial charge in [-0.15, -0.1) is 0 Å². The molecule has 1 heterocycles. The maximum atomic E-state index is 12.5. The molecule has 0 aliphatic carbocycles. The normalized spacial score (nSPS) is 10.3. The van der Waals surface area contributed by atoms with Gasteiger partial charge in [-0.1, -0.05) is 17.7 Å². The molecule has 19 heavy (non-hydrogen) atoms. The van der Waals surface area contributed by atoms with Crippen LogP contribution in [-0.4, -0.2) is 17.9 Å². The number of hydrogen-bond acceptors (Lipinski definition) is 3. The molecule has 1 amide bonds. The number of aromatic nitrogens is 1. The third-order valence-electron chi connectivity index (χ3n) is 3.09. The molecule has 4 heteroatoms. The fraction of sp³-hybridized carbons (Fsp3) is 0.200. The third-order valence-corrected chi connectivity index (χ3v) is 3.09. The lowest BCUT2D eigenvalue weighted by molar-refractivity contribution is 0.0992. The highest BCUT2D eigenvalue weighted by molar-refractivity contribution is 6.06. The highest BCUT2D eigenvalue weighted by atomic mass is 16.2. The van der Waals surface area contributed by atoms with Crippen molar-refractivity contribution in [2.24, 2.45) is 0 Å². The zero-order chi connectivity index (χ0) is 14.0. The molecule has 0 spiro atoms. The van der Waals surface area contributed by atoms with E-state index in [1.165, 1.54) is 0 Å². The molecule has 0 aliphatic heterocycles. The van der Waals surface area contributed by atoms with Crippen LogP contribution in [0.2, 0.25) is 0 Å². The Kier molecular flexibility index (Phi) is 3.51. The van der Waals surface area contributed by atoms with E-state index in [-0.39, 0.29) is 5.91 Å². The second-order valence-electron chi connectivity index (χ2n) is 4.62. The number of amides is 1. The molecule has 0 atom stereocenters. The van der Waals surface area contributed by atoms with E-state index in [2.05, 4.69) is 4.98 Å². The number of benzene rings is 1. The molecule has 98 valence electrons. The minimum atomic E-state index is -0.0484. The number of carbonyl (C=O) groups excluding carboxylic acids is 1. The van der Waals surface area contributed by atoms with Crippen LogP contribution in [0.15, 0.2) is 36.5 Å². The molecule has 0 unspecified atom stereocenters. The Balaban J connectivity index is 2.33. The monoisotopic (exact) mass is 255 g/mol. The van der Waals surface area contributed by atoms with Gasteiger partial charge >= 0.3 is 0 Å². The van der Waals surface area contributed by atoms with Gasteiger partial charge in [-0.2, -0.15) is 0 Å². The maximum absolute atomic E-state index is 12.5. The van der Waals surface area contributed by atoms with E-state index in [0.717, 1.165) is 16.8 Å². The summed E-state index contributed by atoms with van der Waals surface area (Å²) in [6.07, 6.45) is 1.60. The lowest BCUT2D eigenvalue weighted by atomic mass is 10.0. The molecule has 0 radical (unpaired) electrons. The van der Waals surface area contributed by atoms with Crippen molar-refractivity contribution in [1.29, 1.82) is 0 Å². The number of nitrogen functional groups attached to an aromatic ring is 1. The van der Waals surface area contributed by atoms with Crippen LogP contribution in [0.3, 0.4) is 0 Å². The second kappa shape index (κ2) is 5.10. The van der Waals surface area contributed by atoms with Gasteiger partial charge < -0.3 is 10.6 Å². The third kappa shape index (κ3) is 2.73. The Hall–Kier alpha value is -2.36. The van der Waals surface area contributed by atoms with E-state index >= 15 is 0 Å². The molecule has 2 N–H and O–H groups in total. The van der Waals surface area contributed by atoms with Gasteiger partial charge in [0.25, 0.3) is 5.91 Å². The van der Waals surface area contributed by atoms with E-state index < -0.39 is 0 Å². The van der Waals surface area contributed by atoms with Crippen molar-refractivity contribution in [2.75, 3.05) is 17.7 Å². The van der Waals surface area contributed by atoms with Crippen LogP contribution in [0, 0.1) is 13.8 Å². The summed E-state index contributed by atoms with van der Waals surface area (Å²) in [4.78, 5) is 18.0. The van der Waals surface area contributed by atoms with Gasteiger partial charge in [0.15, 0.2) is 0 Å². The highest BCUT2D eigenvalue weighted by Crippen LogP contribution is 2.18. The molecular formula is C15H17N3O. The first-order valence-corrected chi connectivity index (χ1v) is 6.06. The summed E-state index contributed by atoms with van der Waals surface area (Å²) in [5.41, 5.74) is 9.00. The Morgan fingerprint density at radius 3 is 2.58 bits per heavy atom. The van der Waals surface area contributed by atoms with Gasteiger partial charge in [0.05, 0.1) is 11.9 Å². The summed E-state index contributed by atoms with van der Waals surface area (Å²) >= 11 is 0. The molecule has 0 bridgehead atoms.